The van der Waals surface area contributed by atoms with E-state index < -0.39 is 5.60 Å². The van der Waals surface area contributed by atoms with Gasteiger partial charge < -0.3 is 14.6 Å². The molecule has 0 radical (unpaired) electrons. The van der Waals surface area contributed by atoms with E-state index in [0.717, 1.165) is 36.0 Å². The molecule has 1 saturated heterocycles. The number of likely N-dealkylation sites (tertiary alicyclic amines) is 1. The van der Waals surface area contributed by atoms with E-state index in [1.54, 1.807) is 13.8 Å². The number of hydrogen-bond donors (Lipinski definition) is 1. The zero-order valence-corrected chi connectivity index (χ0v) is 13.5. The van der Waals surface area contributed by atoms with E-state index in [1.807, 2.05) is 30.0 Å². The third-order valence-electron chi connectivity index (χ3n) is 4.70. The second-order valence-electron chi connectivity index (χ2n) is 6.83. The number of amides is 1. The Morgan fingerprint density at radius 3 is 2.82 bits per heavy atom. The van der Waals surface area contributed by atoms with Crippen molar-refractivity contribution in [2.45, 2.75) is 51.8 Å². The second-order valence-corrected chi connectivity index (χ2v) is 6.83. The SMILES string of the molecule is Cc1cc2ccccc2n1CC(=O)N1CCCC1C(C)(C)O. The molecular formula is C18H24N2O2. The molecule has 2 aromatic rings. The predicted octanol–water partition coefficient (Wildman–Crippen LogP) is 2.71. The van der Waals surface area contributed by atoms with E-state index in [2.05, 4.69) is 16.7 Å². The first-order valence-corrected chi connectivity index (χ1v) is 7.94. The molecule has 1 fully saturated rings. The molecule has 4 nitrogen and oxygen atoms in total. The molecule has 1 N–H and O–H groups in total. The van der Waals surface area contributed by atoms with Crippen LogP contribution in [0.25, 0.3) is 10.9 Å². The van der Waals surface area contributed by atoms with Gasteiger partial charge in [-0.25, -0.2) is 0 Å². The van der Waals surface area contributed by atoms with Crippen LogP contribution in [-0.2, 0) is 11.3 Å². The number of aryl methyl sites for hydroxylation is 1. The molecule has 1 aromatic carbocycles. The van der Waals surface area contributed by atoms with Crippen LogP contribution in [0.15, 0.2) is 30.3 Å². The second kappa shape index (κ2) is 5.43. The number of carbonyl (C=O) groups excluding carboxylic acids is 1. The summed E-state index contributed by atoms with van der Waals surface area (Å²) in [7, 11) is 0. The Hall–Kier alpha value is -1.81. The average molecular weight is 300 g/mol. The molecule has 1 aromatic heterocycles. The van der Waals surface area contributed by atoms with E-state index in [4.69, 9.17) is 0 Å². The first-order chi connectivity index (χ1) is 10.4. The molecule has 1 amide bonds. The van der Waals surface area contributed by atoms with Crippen LogP contribution in [0, 0.1) is 6.92 Å². The molecule has 22 heavy (non-hydrogen) atoms. The van der Waals surface area contributed by atoms with Gasteiger partial charge in [0.15, 0.2) is 0 Å². The van der Waals surface area contributed by atoms with Gasteiger partial charge in [-0.1, -0.05) is 18.2 Å². The quantitative estimate of drug-likeness (QED) is 0.947. The van der Waals surface area contributed by atoms with Gasteiger partial charge in [0.2, 0.25) is 5.91 Å². The van der Waals surface area contributed by atoms with Crippen molar-refractivity contribution in [2.75, 3.05) is 6.54 Å². The maximum Gasteiger partial charge on any atom is 0.242 e. The highest BCUT2D eigenvalue weighted by atomic mass is 16.3. The van der Waals surface area contributed by atoms with Gasteiger partial charge in [-0.05, 0) is 51.1 Å². The Balaban J connectivity index is 1.86. The Bertz CT molecular complexity index is 697. The summed E-state index contributed by atoms with van der Waals surface area (Å²) in [5, 5.41) is 11.4. The van der Waals surface area contributed by atoms with E-state index in [1.165, 1.54) is 0 Å². The van der Waals surface area contributed by atoms with Gasteiger partial charge >= 0.3 is 0 Å². The Morgan fingerprint density at radius 1 is 1.36 bits per heavy atom. The predicted molar refractivity (Wildman–Crippen MR) is 87.7 cm³/mol. The summed E-state index contributed by atoms with van der Waals surface area (Å²) in [4.78, 5) is 14.6. The minimum atomic E-state index is -0.847. The molecule has 0 bridgehead atoms. The van der Waals surface area contributed by atoms with Crippen LogP contribution in [0.1, 0.15) is 32.4 Å². The van der Waals surface area contributed by atoms with Crippen molar-refractivity contribution in [1.29, 1.82) is 0 Å². The van der Waals surface area contributed by atoms with Crippen molar-refractivity contribution in [2.24, 2.45) is 0 Å². The minimum Gasteiger partial charge on any atom is -0.388 e. The molecule has 1 aliphatic heterocycles. The number of nitrogens with zero attached hydrogens (tertiary/aromatic N) is 2. The first kappa shape index (κ1) is 15.1. The van der Waals surface area contributed by atoms with Crippen LogP contribution in [0.2, 0.25) is 0 Å². The lowest BCUT2D eigenvalue weighted by Gasteiger charge is -2.34. The molecule has 0 spiro atoms. The van der Waals surface area contributed by atoms with Gasteiger partial charge in [-0.15, -0.1) is 0 Å². The summed E-state index contributed by atoms with van der Waals surface area (Å²) < 4.78 is 2.07. The average Bonchev–Trinajstić information content (AvgIpc) is 3.04. The number of aliphatic hydroxyl groups is 1. The zero-order chi connectivity index (χ0) is 15.9. The van der Waals surface area contributed by atoms with Crippen LogP contribution >= 0.6 is 0 Å². The van der Waals surface area contributed by atoms with E-state index in [-0.39, 0.29) is 11.9 Å². The highest BCUT2D eigenvalue weighted by Gasteiger charge is 2.38. The van der Waals surface area contributed by atoms with E-state index >= 15 is 0 Å². The van der Waals surface area contributed by atoms with E-state index in [0.29, 0.717) is 6.54 Å². The number of rotatable bonds is 3. The highest BCUT2D eigenvalue weighted by Crippen LogP contribution is 2.27. The molecule has 4 heteroatoms. The number of aromatic nitrogens is 1. The third-order valence-corrected chi connectivity index (χ3v) is 4.70. The van der Waals surface area contributed by atoms with Crippen LogP contribution in [0.4, 0.5) is 0 Å². The molecular weight excluding hydrogens is 276 g/mol. The minimum absolute atomic E-state index is 0.0814. The van der Waals surface area contributed by atoms with E-state index in [9.17, 15) is 9.90 Å². The van der Waals surface area contributed by atoms with Gasteiger partial charge in [0, 0.05) is 17.8 Å². The fourth-order valence-corrected chi connectivity index (χ4v) is 3.58. The molecule has 1 unspecified atom stereocenters. The fraction of sp³-hybridized carbons (Fsp3) is 0.500. The van der Waals surface area contributed by atoms with Gasteiger partial charge in [0.25, 0.3) is 0 Å². The monoisotopic (exact) mass is 300 g/mol. The van der Waals surface area contributed by atoms with Crippen molar-refractivity contribution >= 4 is 16.8 Å². The molecule has 1 aliphatic rings. The first-order valence-electron chi connectivity index (χ1n) is 7.94. The molecule has 118 valence electrons. The maximum absolute atomic E-state index is 12.8. The van der Waals surface area contributed by atoms with Gasteiger partial charge in [-0.2, -0.15) is 0 Å². The van der Waals surface area contributed by atoms with Gasteiger partial charge in [0.05, 0.1) is 11.6 Å². The Morgan fingerprint density at radius 2 is 2.09 bits per heavy atom. The molecule has 0 aliphatic carbocycles. The van der Waals surface area contributed by atoms with Crippen molar-refractivity contribution < 1.29 is 9.90 Å². The summed E-state index contributed by atoms with van der Waals surface area (Å²) in [6.45, 7) is 6.70. The summed E-state index contributed by atoms with van der Waals surface area (Å²) in [6, 6.07) is 10.2. The van der Waals surface area contributed by atoms with Crippen LogP contribution in [0.3, 0.4) is 0 Å². The fourth-order valence-electron chi connectivity index (χ4n) is 3.58. The summed E-state index contributed by atoms with van der Waals surface area (Å²) in [6.07, 6.45) is 1.84. The Labute approximate surface area is 131 Å². The lowest BCUT2D eigenvalue weighted by atomic mass is 9.96. The normalized spacial score (nSPS) is 19.1. The van der Waals surface area contributed by atoms with Crippen molar-refractivity contribution in [3.8, 4) is 0 Å². The van der Waals surface area contributed by atoms with Crippen molar-refractivity contribution in [1.82, 2.24) is 9.47 Å². The number of fused-ring (bicyclic) bond motifs is 1. The van der Waals surface area contributed by atoms with Crippen LogP contribution in [0.5, 0.6) is 0 Å². The topological polar surface area (TPSA) is 45.5 Å². The van der Waals surface area contributed by atoms with Crippen LogP contribution < -0.4 is 0 Å². The Kier molecular flexibility index (Phi) is 3.73. The third kappa shape index (κ3) is 2.63. The maximum atomic E-state index is 12.8. The molecule has 1 atom stereocenters. The summed E-state index contributed by atoms with van der Waals surface area (Å²) >= 11 is 0. The largest absolute Gasteiger partial charge is 0.388 e. The number of benzene rings is 1. The number of carbonyl (C=O) groups is 1. The molecule has 3 rings (SSSR count). The summed E-state index contributed by atoms with van der Waals surface area (Å²) in [5.41, 5.74) is 1.33. The van der Waals surface area contributed by atoms with Crippen molar-refractivity contribution in [3.63, 3.8) is 0 Å². The molecule has 0 saturated carbocycles. The summed E-state index contributed by atoms with van der Waals surface area (Å²) in [5.74, 6) is 0.0917. The smallest absolute Gasteiger partial charge is 0.242 e. The zero-order valence-electron chi connectivity index (χ0n) is 13.5. The lowest BCUT2D eigenvalue weighted by molar-refractivity contribution is -0.137. The van der Waals surface area contributed by atoms with Gasteiger partial charge in [-0.3, -0.25) is 4.79 Å². The highest BCUT2D eigenvalue weighted by molar-refractivity contribution is 5.84. The number of hydrogen-bond acceptors (Lipinski definition) is 2. The number of para-hydroxylation sites is 1. The van der Waals surface area contributed by atoms with Crippen molar-refractivity contribution in [3.05, 3.63) is 36.0 Å². The van der Waals surface area contributed by atoms with Crippen LogP contribution in [-0.4, -0.2) is 38.7 Å². The molecule has 2 heterocycles. The van der Waals surface area contributed by atoms with Gasteiger partial charge in [0.1, 0.15) is 6.54 Å². The standard InChI is InChI=1S/C18H24N2O2/c1-13-11-14-7-4-5-8-15(14)20(13)12-17(21)19-10-6-9-16(19)18(2,3)22/h4-5,7-8,11,16,22H,6,9-10,12H2,1-3H3. The lowest BCUT2D eigenvalue weighted by Crippen LogP contribution is -2.49.